The number of anilines is 1. The number of rotatable bonds is 10. The number of hydrogen-bond acceptors (Lipinski definition) is 9. The van der Waals surface area contributed by atoms with Gasteiger partial charge in [0.15, 0.2) is 21.9 Å². The van der Waals surface area contributed by atoms with E-state index >= 15 is 0 Å². The summed E-state index contributed by atoms with van der Waals surface area (Å²) in [5.41, 5.74) is 0.854. The number of ether oxygens (including phenoxy) is 2. The molecule has 0 unspecified atom stereocenters. The van der Waals surface area contributed by atoms with Crippen molar-refractivity contribution in [1.29, 1.82) is 0 Å². The molecule has 3 heterocycles. The summed E-state index contributed by atoms with van der Waals surface area (Å²) in [5, 5.41) is 3.85. The van der Waals surface area contributed by atoms with Crippen LogP contribution in [0.3, 0.4) is 0 Å². The third-order valence-electron chi connectivity index (χ3n) is 5.49. The Hall–Kier alpha value is -2.50. The van der Waals surface area contributed by atoms with Crippen molar-refractivity contribution in [3.8, 4) is 0 Å². The van der Waals surface area contributed by atoms with Crippen LogP contribution in [0.2, 0.25) is 5.15 Å². The zero-order valence-corrected chi connectivity index (χ0v) is 21.3. The predicted octanol–water partition coefficient (Wildman–Crippen LogP) is 3.27. The van der Waals surface area contributed by atoms with E-state index in [4.69, 9.17) is 21.1 Å². The highest BCUT2D eigenvalue weighted by molar-refractivity contribution is 7.17. The molecule has 0 bridgehead atoms. The van der Waals surface area contributed by atoms with Crippen LogP contribution >= 0.6 is 22.9 Å². The van der Waals surface area contributed by atoms with Gasteiger partial charge >= 0.3 is 5.97 Å². The highest BCUT2D eigenvalue weighted by Gasteiger charge is 2.34. The lowest BCUT2D eigenvalue weighted by atomic mass is 10.0. The first-order valence-electron chi connectivity index (χ1n) is 11.5. The van der Waals surface area contributed by atoms with Gasteiger partial charge in [-0.2, -0.15) is 0 Å². The molecule has 0 radical (unpaired) electrons. The fourth-order valence-electron chi connectivity index (χ4n) is 3.74. The number of aromatic nitrogens is 3. The van der Waals surface area contributed by atoms with Crippen molar-refractivity contribution in [2.45, 2.75) is 59.1 Å². The topological polar surface area (TPSA) is 127 Å². The number of esters is 1. The van der Waals surface area contributed by atoms with E-state index in [1.54, 1.807) is 13.8 Å². The van der Waals surface area contributed by atoms with Gasteiger partial charge in [0.05, 0.1) is 24.4 Å². The summed E-state index contributed by atoms with van der Waals surface area (Å²) >= 11 is 7.21. The lowest BCUT2D eigenvalue weighted by molar-refractivity contribution is 0.0271. The van der Waals surface area contributed by atoms with Crippen molar-refractivity contribution in [3.05, 3.63) is 27.2 Å². The van der Waals surface area contributed by atoms with Gasteiger partial charge in [0.25, 0.3) is 5.91 Å². The van der Waals surface area contributed by atoms with E-state index in [0.29, 0.717) is 48.5 Å². The average molecular weight is 512 g/mol. The summed E-state index contributed by atoms with van der Waals surface area (Å²) in [6, 6.07) is -0.251. The summed E-state index contributed by atoms with van der Waals surface area (Å²) in [7, 11) is 0. The minimum absolute atomic E-state index is 0.144. The maximum atomic E-state index is 12.8. The van der Waals surface area contributed by atoms with Gasteiger partial charge in [-0.05, 0) is 26.7 Å². The van der Waals surface area contributed by atoms with Crippen LogP contribution in [0, 0.1) is 0 Å². The number of H-pyrrole nitrogens is 1. The van der Waals surface area contributed by atoms with Crippen LogP contribution in [0.4, 0.5) is 5.13 Å². The van der Waals surface area contributed by atoms with E-state index in [0.717, 1.165) is 11.3 Å². The summed E-state index contributed by atoms with van der Waals surface area (Å²) in [5.74, 6) is -0.937. The van der Waals surface area contributed by atoms with Crippen LogP contribution in [0.15, 0.2) is 0 Å². The standard InChI is InChI=1S/C22H30ClN5O5S/c1-5-12-18(23)27-19(24-12)20(30)25-13-9-10-28(11-15(13)32-7-3)22-26-16(14(29)6-2)17(34-22)21(31)33-8-4/h13,15H,5-11H2,1-4H3,(H,24,27)(H,25,30)/t13-,15+/m1/s1. The number of carbonyl (C=O) groups excluding carboxylic acids is 3. The molecule has 186 valence electrons. The molecule has 1 aliphatic rings. The van der Waals surface area contributed by atoms with Crippen LogP contribution in [-0.2, 0) is 15.9 Å². The Balaban J connectivity index is 1.77. The van der Waals surface area contributed by atoms with Gasteiger partial charge in [0.2, 0.25) is 0 Å². The minimum atomic E-state index is -0.546. The monoisotopic (exact) mass is 511 g/mol. The Labute approximate surface area is 207 Å². The Morgan fingerprint density at radius 2 is 1.97 bits per heavy atom. The van der Waals surface area contributed by atoms with Crippen molar-refractivity contribution in [1.82, 2.24) is 20.3 Å². The minimum Gasteiger partial charge on any atom is -0.462 e. The molecule has 2 N–H and O–H groups in total. The van der Waals surface area contributed by atoms with Crippen molar-refractivity contribution in [2.24, 2.45) is 0 Å². The number of hydrogen-bond donors (Lipinski definition) is 2. The SMILES string of the molecule is CCOC(=O)c1sc(N2CC[C@@H](NC(=O)c3nc(Cl)c(CC)[nH]3)[C@@H](OCC)C2)nc1C(=O)CC. The number of thiazole rings is 1. The maximum Gasteiger partial charge on any atom is 0.350 e. The first-order valence-corrected chi connectivity index (χ1v) is 12.6. The van der Waals surface area contributed by atoms with Crippen molar-refractivity contribution in [3.63, 3.8) is 0 Å². The van der Waals surface area contributed by atoms with E-state index in [1.165, 1.54) is 0 Å². The number of Topliss-reactive ketones (excluding diaryl/α,β-unsaturated/α-hetero) is 1. The molecule has 1 saturated heterocycles. The summed E-state index contributed by atoms with van der Waals surface area (Å²) in [4.78, 5) is 51.3. The Morgan fingerprint density at radius 1 is 1.21 bits per heavy atom. The second-order valence-corrected chi connectivity index (χ2v) is 9.02. The Morgan fingerprint density at radius 3 is 2.59 bits per heavy atom. The number of aryl methyl sites for hydroxylation is 1. The zero-order valence-electron chi connectivity index (χ0n) is 19.8. The third-order valence-corrected chi connectivity index (χ3v) is 6.89. The van der Waals surface area contributed by atoms with E-state index in [9.17, 15) is 14.4 Å². The zero-order chi connectivity index (χ0) is 24.8. The molecular formula is C22H30ClN5O5S. The molecule has 0 spiro atoms. The molecule has 1 fully saturated rings. The van der Waals surface area contributed by atoms with Gasteiger partial charge in [-0.25, -0.2) is 14.8 Å². The summed E-state index contributed by atoms with van der Waals surface area (Å²) in [6.45, 7) is 8.92. The first-order chi connectivity index (χ1) is 16.3. The van der Waals surface area contributed by atoms with Crippen molar-refractivity contribution >= 4 is 45.7 Å². The van der Waals surface area contributed by atoms with Crippen LogP contribution in [0.1, 0.15) is 77.0 Å². The number of nitrogens with one attached hydrogen (secondary N) is 2. The molecule has 2 aromatic rings. The fraction of sp³-hybridized carbons (Fsp3) is 0.591. The largest absolute Gasteiger partial charge is 0.462 e. The molecule has 10 nitrogen and oxygen atoms in total. The number of carbonyl (C=O) groups is 3. The van der Waals surface area contributed by atoms with Crippen LogP contribution < -0.4 is 10.2 Å². The number of piperidine rings is 1. The predicted molar refractivity (Wildman–Crippen MR) is 129 cm³/mol. The Bertz CT molecular complexity index is 1040. The lowest BCUT2D eigenvalue weighted by Crippen LogP contribution is -2.55. The molecule has 2 atom stereocenters. The van der Waals surface area contributed by atoms with Gasteiger partial charge in [0.1, 0.15) is 10.6 Å². The third kappa shape index (κ3) is 5.76. The van der Waals surface area contributed by atoms with Crippen molar-refractivity contribution < 1.29 is 23.9 Å². The number of aromatic amines is 1. The molecule has 3 rings (SSSR count). The number of ketones is 1. The first kappa shape index (κ1) is 26.1. The van der Waals surface area contributed by atoms with Crippen LogP contribution in [0.25, 0.3) is 0 Å². The molecule has 1 amide bonds. The molecule has 1 aliphatic heterocycles. The molecule has 2 aromatic heterocycles. The highest BCUT2D eigenvalue weighted by Crippen LogP contribution is 2.31. The van der Waals surface area contributed by atoms with E-state index in [-0.39, 0.29) is 53.3 Å². The van der Waals surface area contributed by atoms with E-state index < -0.39 is 5.97 Å². The second kappa shape index (κ2) is 11.8. The number of nitrogens with zero attached hydrogens (tertiary/aromatic N) is 3. The molecule has 0 aliphatic carbocycles. The normalized spacial score (nSPS) is 18.1. The van der Waals surface area contributed by atoms with E-state index in [1.807, 2.05) is 18.7 Å². The highest BCUT2D eigenvalue weighted by atomic mass is 35.5. The lowest BCUT2D eigenvalue weighted by Gasteiger charge is -2.38. The van der Waals surface area contributed by atoms with Crippen molar-refractivity contribution in [2.75, 3.05) is 31.2 Å². The molecule has 0 aromatic carbocycles. The molecule has 0 saturated carbocycles. The smallest absolute Gasteiger partial charge is 0.350 e. The number of halogens is 1. The quantitative estimate of drug-likeness (QED) is 0.367. The van der Waals surface area contributed by atoms with E-state index in [2.05, 4.69) is 20.3 Å². The van der Waals surface area contributed by atoms with Gasteiger partial charge < -0.3 is 24.7 Å². The maximum absolute atomic E-state index is 12.8. The molecule has 34 heavy (non-hydrogen) atoms. The average Bonchev–Trinajstić information content (AvgIpc) is 3.44. The molecular weight excluding hydrogens is 482 g/mol. The van der Waals surface area contributed by atoms with Gasteiger partial charge in [-0.3, -0.25) is 9.59 Å². The Kier molecular flexibility index (Phi) is 9.03. The summed E-state index contributed by atoms with van der Waals surface area (Å²) in [6.07, 6.45) is 1.14. The molecule has 12 heteroatoms. The number of amides is 1. The summed E-state index contributed by atoms with van der Waals surface area (Å²) < 4.78 is 11.0. The van der Waals surface area contributed by atoms with Gasteiger partial charge in [-0.1, -0.05) is 36.8 Å². The van der Waals surface area contributed by atoms with Crippen LogP contribution in [-0.4, -0.2) is 71.1 Å². The van der Waals surface area contributed by atoms with Gasteiger partial charge in [0, 0.05) is 26.1 Å². The number of imidazole rings is 1. The fourth-order valence-corrected chi connectivity index (χ4v) is 5.02. The van der Waals surface area contributed by atoms with Gasteiger partial charge in [-0.15, -0.1) is 0 Å². The van der Waals surface area contributed by atoms with Crippen LogP contribution in [0.5, 0.6) is 0 Å². The second-order valence-electron chi connectivity index (χ2n) is 7.69.